The zero-order chi connectivity index (χ0) is 16.0. The van der Waals surface area contributed by atoms with Crippen LogP contribution >= 0.6 is 15.9 Å². The third-order valence-corrected chi connectivity index (χ3v) is 5.01. The molecule has 0 saturated carbocycles. The van der Waals surface area contributed by atoms with Crippen molar-refractivity contribution in [1.82, 2.24) is 14.6 Å². The molecule has 0 amide bonds. The van der Waals surface area contributed by atoms with Crippen molar-refractivity contribution < 1.29 is 8.42 Å². The normalized spacial score (nSPS) is 12.1. The highest BCUT2D eigenvalue weighted by molar-refractivity contribution is 9.10. The summed E-state index contributed by atoms with van der Waals surface area (Å²) in [6.45, 7) is 5.36. The quantitative estimate of drug-likeness (QED) is 0.355. The predicted molar refractivity (Wildman–Crippen MR) is 87.3 cm³/mol. The molecule has 0 aliphatic rings. The number of sulfonamides is 1. The molecule has 1 rings (SSSR count). The topological polar surface area (TPSA) is 100 Å². The molecular formula is C12H22BrN5O2S. The number of nitrogen functional groups attached to an aromatic ring is 1. The van der Waals surface area contributed by atoms with E-state index in [-0.39, 0.29) is 10.7 Å². The van der Waals surface area contributed by atoms with Gasteiger partial charge in [-0.25, -0.2) is 24.0 Å². The van der Waals surface area contributed by atoms with Gasteiger partial charge in [0.15, 0.2) is 5.82 Å². The molecule has 0 unspecified atom stereocenters. The van der Waals surface area contributed by atoms with E-state index in [9.17, 15) is 8.42 Å². The number of halogens is 1. The first kappa shape index (κ1) is 18.3. The summed E-state index contributed by atoms with van der Waals surface area (Å²) in [5, 5.41) is 0. The molecule has 0 spiro atoms. The molecule has 21 heavy (non-hydrogen) atoms. The first-order valence-corrected chi connectivity index (χ1v) is 8.87. The minimum Gasteiger partial charge on any atom is -0.307 e. The third-order valence-electron chi connectivity index (χ3n) is 3.11. The first-order valence-electron chi connectivity index (χ1n) is 6.60. The average molecular weight is 380 g/mol. The number of pyridine rings is 1. The molecule has 1 aromatic rings. The molecule has 0 aromatic carbocycles. The second kappa shape index (κ2) is 8.04. The standard InChI is InChI=1S/C12H22BrN5O2S/c1-9(2)18(3)6-4-5-16-21(19,20)11-7-10(13)8-15-12(11)17-14/h7-9,16H,4-6,14H2,1-3H3,(H,15,17). The minimum atomic E-state index is -3.65. The lowest BCUT2D eigenvalue weighted by atomic mass is 10.3. The Bertz CT molecular complexity index is 565. The van der Waals surface area contributed by atoms with Crippen LogP contribution in [-0.4, -0.2) is 44.5 Å². The molecule has 4 N–H and O–H groups in total. The van der Waals surface area contributed by atoms with Crippen molar-refractivity contribution >= 4 is 31.8 Å². The number of hydrazine groups is 1. The Morgan fingerprint density at radius 2 is 2.14 bits per heavy atom. The third kappa shape index (κ3) is 5.51. The minimum absolute atomic E-state index is 0.0246. The highest BCUT2D eigenvalue weighted by atomic mass is 79.9. The molecule has 0 saturated heterocycles. The summed E-state index contributed by atoms with van der Waals surface area (Å²) in [5.74, 6) is 5.41. The van der Waals surface area contributed by atoms with Crippen molar-refractivity contribution in [2.75, 3.05) is 25.6 Å². The van der Waals surface area contributed by atoms with Crippen molar-refractivity contribution in [3.63, 3.8) is 0 Å². The van der Waals surface area contributed by atoms with Crippen LogP contribution < -0.4 is 16.0 Å². The number of nitrogens with one attached hydrogen (secondary N) is 2. The van der Waals surface area contributed by atoms with E-state index in [1.54, 1.807) is 0 Å². The summed E-state index contributed by atoms with van der Waals surface area (Å²) in [4.78, 5) is 6.11. The fourth-order valence-corrected chi connectivity index (χ4v) is 3.30. The molecule has 0 aliphatic heterocycles. The van der Waals surface area contributed by atoms with Crippen LogP contribution in [0.2, 0.25) is 0 Å². The van der Waals surface area contributed by atoms with E-state index in [2.05, 4.69) is 49.8 Å². The van der Waals surface area contributed by atoms with Gasteiger partial charge in [-0.3, -0.25) is 0 Å². The van der Waals surface area contributed by atoms with Crippen LogP contribution in [0.25, 0.3) is 0 Å². The smallest absolute Gasteiger partial charge is 0.244 e. The Morgan fingerprint density at radius 1 is 1.48 bits per heavy atom. The van der Waals surface area contributed by atoms with Crippen LogP contribution in [0, 0.1) is 0 Å². The van der Waals surface area contributed by atoms with Crippen molar-refractivity contribution in [1.29, 1.82) is 0 Å². The van der Waals surface area contributed by atoms with Gasteiger partial charge in [-0.1, -0.05) is 0 Å². The van der Waals surface area contributed by atoms with Gasteiger partial charge in [-0.15, -0.1) is 0 Å². The lowest BCUT2D eigenvalue weighted by Crippen LogP contribution is -2.32. The number of aromatic nitrogens is 1. The van der Waals surface area contributed by atoms with Crippen molar-refractivity contribution in [3.05, 3.63) is 16.7 Å². The number of hydrogen-bond acceptors (Lipinski definition) is 6. The van der Waals surface area contributed by atoms with Crippen LogP contribution in [0.3, 0.4) is 0 Å². The molecule has 0 fully saturated rings. The van der Waals surface area contributed by atoms with Crippen LogP contribution in [0.15, 0.2) is 21.6 Å². The highest BCUT2D eigenvalue weighted by Gasteiger charge is 2.19. The lowest BCUT2D eigenvalue weighted by molar-refractivity contribution is 0.271. The van der Waals surface area contributed by atoms with Crippen molar-refractivity contribution in [3.8, 4) is 0 Å². The average Bonchev–Trinajstić information content (AvgIpc) is 2.43. The van der Waals surface area contributed by atoms with Gasteiger partial charge in [0.2, 0.25) is 10.0 Å². The SMILES string of the molecule is CC(C)N(C)CCCNS(=O)(=O)c1cc(Br)cnc1NN. The highest BCUT2D eigenvalue weighted by Crippen LogP contribution is 2.21. The van der Waals surface area contributed by atoms with E-state index in [1.807, 2.05) is 7.05 Å². The van der Waals surface area contributed by atoms with E-state index in [4.69, 9.17) is 5.84 Å². The van der Waals surface area contributed by atoms with Gasteiger partial charge in [-0.2, -0.15) is 0 Å². The van der Waals surface area contributed by atoms with Crippen LogP contribution in [0.1, 0.15) is 20.3 Å². The predicted octanol–water partition coefficient (Wildman–Crippen LogP) is 1.14. The number of nitrogens with two attached hydrogens (primary N) is 1. The molecular weight excluding hydrogens is 358 g/mol. The first-order chi connectivity index (χ1) is 9.77. The zero-order valence-electron chi connectivity index (χ0n) is 12.4. The van der Waals surface area contributed by atoms with Crippen LogP contribution in [0.4, 0.5) is 5.82 Å². The van der Waals surface area contributed by atoms with E-state index in [0.29, 0.717) is 17.1 Å². The lowest BCUT2D eigenvalue weighted by Gasteiger charge is -2.20. The van der Waals surface area contributed by atoms with Gasteiger partial charge < -0.3 is 10.3 Å². The maximum Gasteiger partial charge on any atom is 0.244 e. The van der Waals surface area contributed by atoms with Crippen LogP contribution in [-0.2, 0) is 10.0 Å². The van der Waals surface area contributed by atoms with Gasteiger partial charge in [0, 0.05) is 23.3 Å². The molecule has 0 atom stereocenters. The number of hydrogen-bond donors (Lipinski definition) is 3. The summed E-state index contributed by atoms with van der Waals surface area (Å²) < 4.78 is 27.7. The summed E-state index contributed by atoms with van der Waals surface area (Å²) in [6, 6.07) is 1.90. The molecule has 0 bridgehead atoms. The van der Waals surface area contributed by atoms with Crippen molar-refractivity contribution in [2.45, 2.75) is 31.2 Å². The zero-order valence-corrected chi connectivity index (χ0v) is 14.8. The maximum absolute atomic E-state index is 12.3. The van der Waals surface area contributed by atoms with E-state index in [1.165, 1.54) is 12.3 Å². The van der Waals surface area contributed by atoms with Crippen molar-refractivity contribution in [2.24, 2.45) is 5.84 Å². The second-order valence-corrected chi connectivity index (χ2v) is 7.62. The number of anilines is 1. The molecule has 1 aromatic heterocycles. The Balaban J connectivity index is 2.68. The fourth-order valence-electron chi connectivity index (χ4n) is 1.60. The van der Waals surface area contributed by atoms with Gasteiger partial charge in [0.05, 0.1) is 0 Å². The summed E-state index contributed by atoms with van der Waals surface area (Å²) >= 11 is 3.20. The second-order valence-electron chi connectivity index (χ2n) is 4.97. The van der Waals surface area contributed by atoms with E-state index >= 15 is 0 Å². The molecule has 0 radical (unpaired) electrons. The number of nitrogens with zero attached hydrogens (tertiary/aromatic N) is 2. The maximum atomic E-state index is 12.3. The molecule has 120 valence electrons. The van der Waals surface area contributed by atoms with Gasteiger partial charge in [-0.05, 0) is 55.9 Å². The molecule has 9 heteroatoms. The molecule has 7 nitrogen and oxygen atoms in total. The van der Waals surface area contributed by atoms with Gasteiger partial charge in [0.1, 0.15) is 4.90 Å². The van der Waals surface area contributed by atoms with Gasteiger partial charge >= 0.3 is 0 Å². The largest absolute Gasteiger partial charge is 0.307 e. The molecule has 1 heterocycles. The summed E-state index contributed by atoms with van der Waals surface area (Å²) in [5.41, 5.74) is 2.29. The van der Waals surface area contributed by atoms with E-state index < -0.39 is 10.0 Å². The summed E-state index contributed by atoms with van der Waals surface area (Å²) in [7, 11) is -1.64. The fraction of sp³-hybridized carbons (Fsp3) is 0.583. The van der Waals surface area contributed by atoms with Crippen LogP contribution in [0.5, 0.6) is 0 Å². The Hall–Kier alpha value is -0.740. The Morgan fingerprint density at radius 3 is 2.71 bits per heavy atom. The Labute approximate surface area is 134 Å². The van der Waals surface area contributed by atoms with E-state index in [0.717, 1.165) is 13.0 Å². The summed E-state index contributed by atoms with van der Waals surface area (Å²) in [6.07, 6.45) is 2.20. The number of rotatable bonds is 8. The molecule has 0 aliphatic carbocycles. The Kier molecular flexibility index (Phi) is 7.01. The van der Waals surface area contributed by atoms with Gasteiger partial charge in [0.25, 0.3) is 0 Å². The monoisotopic (exact) mass is 379 g/mol.